The van der Waals surface area contributed by atoms with Gasteiger partial charge in [-0.3, -0.25) is 0 Å². The topological polar surface area (TPSA) is 15.7 Å². The van der Waals surface area contributed by atoms with Crippen LogP contribution in [-0.2, 0) is 27.1 Å². The first-order valence-electron chi connectivity index (χ1n) is 21.9. The molecule has 0 aliphatic carbocycles. The highest BCUT2D eigenvalue weighted by molar-refractivity contribution is 7.99. The number of hydrogen-bond acceptors (Lipinski definition) is 4. The van der Waals surface area contributed by atoms with Gasteiger partial charge in [-0.05, 0) is 126 Å². The van der Waals surface area contributed by atoms with Crippen molar-refractivity contribution in [2.45, 2.75) is 134 Å². The predicted molar refractivity (Wildman–Crippen MR) is 258 cm³/mol. The van der Waals surface area contributed by atoms with E-state index < -0.39 is 0 Å². The Morgan fingerprint density at radius 3 is 1.80 bits per heavy atom. The maximum atomic E-state index is 7.18. The Balaban J connectivity index is 1.38. The molecule has 4 heterocycles. The molecule has 0 N–H and O–H groups in total. The Morgan fingerprint density at radius 2 is 1.13 bits per heavy atom. The first-order chi connectivity index (χ1) is 28.0. The molecule has 0 atom stereocenters. The van der Waals surface area contributed by atoms with E-state index in [-0.39, 0.29) is 33.9 Å². The average Bonchev–Trinajstić information content (AvgIpc) is 3.17. The Bertz CT molecular complexity index is 2790. The summed E-state index contributed by atoms with van der Waals surface area (Å²) in [5, 5.41) is 0. The Hall–Kier alpha value is -4.87. The summed E-state index contributed by atoms with van der Waals surface area (Å²) in [7, 11) is 0. The highest BCUT2D eigenvalue weighted by Gasteiger charge is 2.51. The predicted octanol–water partition coefficient (Wildman–Crippen LogP) is 14.5. The van der Waals surface area contributed by atoms with Crippen molar-refractivity contribution in [3.63, 3.8) is 0 Å². The van der Waals surface area contributed by atoms with Gasteiger partial charge in [-0.15, -0.1) is 0 Å². The van der Waals surface area contributed by atoms with E-state index in [0.29, 0.717) is 0 Å². The zero-order valence-corrected chi connectivity index (χ0v) is 38.9. The summed E-state index contributed by atoms with van der Waals surface area (Å²) in [6.07, 6.45) is 0. The SMILES string of the molecule is CC(C)(C)c1ccc(N2c3cc(C(C)(C)C)ccc3B3c4c(cc5c(c42)Sc2ccccc2C5(C)C)-c2cc(C(C)(C)C)cc4c2N3c2ccc(C(C)(C)C)cc2O4)cc1. The minimum Gasteiger partial charge on any atom is -0.453 e. The Morgan fingerprint density at radius 1 is 0.533 bits per heavy atom. The molecule has 0 saturated carbocycles. The van der Waals surface area contributed by atoms with Crippen LogP contribution in [0.25, 0.3) is 11.1 Å². The van der Waals surface area contributed by atoms with Gasteiger partial charge in [0.1, 0.15) is 5.75 Å². The van der Waals surface area contributed by atoms with Crippen LogP contribution in [0.2, 0.25) is 0 Å². The summed E-state index contributed by atoms with van der Waals surface area (Å²) in [6, 6.07) is 40.2. The van der Waals surface area contributed by atoms with Gasteiger partial charge < -0.3 is 14.4 Å². The van der Waals surface area contributed by atoms with Crippen molar-refractivity contribution >= 4 is 58.0 Å². The number of ether oxygens (including phenoxy) is 1. The van der Waals surface area contributed by atoms with E-state index in [0.717, 1.165) is 22.9 Å². The van der Waals surface area contributed by atoms with Crippen molar-refractivity contribution in [3.8, 4) is 22.6 Å². The van der Waals surface area contributed by atoms with Gasteiger partial charge >= 0.3 is 6.85 Å². The minimum atomic E-state index is -0.237. The maximum Gasteiger partial charge on any atom is 0.333 e. The molecule has 0 aromatic heterocycles. The number of fused-ring (bicyclic) bond motifs is 9. The van der Waals surface area contributed by atoms with Crippen LogP contribution in [-0.4, -0.2) is 6.85 Å². The van der Waals surface area contributed by atoms with E-state index in [1.165, 1.54) is 82.3 Å². The number of hydrogen-bond donors (Lipinski definition) is 0. The molecule has 0 fully saturated rings. The first kappa shape index (κ1) is 39.3. The van der Waals surface area contributed by atoms with Gasteiger partial charge in [0.25, 0.3) is 0 Å². The Kier molecular flexibility index (Phi) is 8.25. The molecule has 0 spiro atoms. The monoisotopic (exact) mass is 806 g/mol. The molecular formula is C55H59BN2OS. The molecule has 4 aliphatic rings. The van der Waals surface area contributed by atoms with E-state index in [9.17, 15) is 0 Å². The van der Waals surface area contributed by atoms with Crippen LogP contribution >= 0.6 is 11.8 Å². The lowest BCUT2D eigenvalue weighted by Crippen LogP contribution is -2.62. The van der Waals surface area contributed by atoms with Gasteiger partial charge in [0.05, 0.1) is 17.1 Å². The number of rotatable bonds is 1. The van der Waals surface area contributed by atoms with Crippen molar-refractivity contribution < 1.29 is 4.74 Å². The van der Waals surface area contributed by atoms with E-state index in [1.807, 2.05) is 11.8 Å². The second kappa shape index (κ2) is 12.6. The highest BCUT2D eigenvalue weighted by Crippen LogP contribution is 2.61. The van der Waals surface area contributed by atoms with Gasteiger partial charge in [0.2, 0.25) is 0 Å². The van der Waals surface area contributed by atoms with Crippen molar-refractivity contribution in [1.29, 1.82) is 0 Å². The lowest BCUT2D eigenvalue weighted by molar-refractivity contribution is 0.470. The molecule has 0 bridgehead atoms. The maximum absolute atomic E-state index is 7.18. The zero-order valence-electron chi connectivity index (χ0n) is 38.1. The summed E-state index contributed by atoms with van der Waals surface area (Å²) in [4.78, 5) is 7.98. The lowest BCUT2D eigenvalue weighted by Gasteiger charge is -2.50. The fourth-order valence-electron chi connectivity index (χ4n) is 9.98. The molecule has 0 unspecified atom stereocenters. The molecule has 6 aromatic carbocycles. The minimum absolute atomic E-state index is 0.0258. The second-order valence-corrected chi connectivity index (χ2v) is 23.4. The lowest BCUT2D eigenvalue weighted by atomic mass is 9.43. The fraction of sp³-hybridized carbons (Fsp3) is 0.345. The third-order valence-electron chi connectivity index (χ3n) is 13.7. The Labute approximate surface area is 363 Å². The molecule has 3 nitrogen and oxygen atoms in total. The second-order valence-electron chi connectivity index (χ2n) is 22.4. The number of benzene rings is 6. The molecule has 0 amide bonds. The first-order valence-corrected chi connectivity index (χ1v) is 22.7. The molecule has 60 heavy (non-hydrogen) atoms. The van der Waals surface area contributed by atoms with Crippen LogP contribution in [0.1, 0.15) is 130 Å². The molecule has 0 radical (unpaired) electrons. The summed E-state index contributed by atoms with van der Waals surface area (Å²) < 4.78 is 7.18. The van der Waals surface area contributed by atoms with E-state index in [4.69, 9.17) is 4.74 Å². The van der Waals surface area contributed by atoms with Crippen molar-refractivity contribution in [2.24, 2.45) is 0 Å². The van der Waals surface area contributed by atoms with E-state index in [1.54, 1.807) is 0 Å². The van der Waals surface area contributed by atoms with Gasteiger partial charge in [0, 0.05) is 32.1 Å². The van der Waals surface area contributed by atoms with Gasteiger partial charge in [0.15, 0.2) is 5.75 Å². The molecular weight excluding hydrogens is 747 g/mol. The van der Waals surface area contributed by atoms with E-state index in [2.05, 4.69) is 210 Å². The van der Waals surface area contributed by atoms with Gasteiger partial charge in [-0.25, -0.2) is 0 Å². The van der Waals surface area contributed by atoms with Crippen molar-refractivity contribution in [2.75, 3.05) is 9.71 Å². The largest absolute Gasteiger partial charge is 0.453 e. The van der Waals surface area contributed by atoms with Crippen LogP contribution in [0.4, 0.5) is 28.4 Å². The van der Waals surface area contributed by atoms with Crippen LogP contribution in [0.15, 0.2) is 113 Å². The molecule has 0 saturated heterocycles. The van der Waals surface area contributed by atoms with Crippen LogP contribution < -0.4 is 25.4 Å². The molecule has 304 valence electrons. The average molecular weight is 807 g/mol. The summed E-state index contributed by atoms with van der Waals surface area (Å²) in [6.45, 7) is 32.5. The smallest absolute Gasteiger partial charge is 0.333 e. The van der Waals surface area contributed by atoms with Crippen LogP contribution in [0, 0.1) is 0 Å². The zero-order chi connectivity index (χ0) is 42.6. The highest BCUT2D eigenvalue weighted by atomic mass is 32.2. The van der Waals surface area contributed by atoms with Crippen molar-refractivity contribution in [1.82, 2.24) is 0 Å². The van der Waals surface area contributed by atoms with Crippen LogP contribution in [0.3, 0.4) is 0 Å². The molecule has 5 heteroatoms. The fourth-order valence-corrected chi connectivity index (χ4v) is 11.5. The van der Waals surface area contributed by atoms with Gasteiger partial charge in [-0.1, -0.05) is 157 Å². The summed E-state index contributed by atoms with van der Waals surface area (Å²) in [5.74, 6) is 1.86. The normalized spacial score (nSPS) is 15.9. The standard InChI is InChI=1S/C55H59BN2OS/c1-51(2,3)32-19-23-36(24-20-32)57-43-28-33(52(4,5)6)21-25-41(43)56-47-37(31-40-50(49(47)57)60-46-18-16-15-17-39(46)55(40,13)14)38-27-35(54(10,11)12)30-45-48(38)58(56)42-26-22-34(53(7,8)9)29-44(42)59-45/h15-31H,1-14H3. The number of nitrogens with zero attached hydrogens (tertiary/aromatic N) is 2. The third-order valence-corrected chi connectivity index (χ3v) is 14.9. The molecule has 6 aromatic rings. The summed E-state index contributed by atoms with van der Waals surface area (Å²) in [5.41, 5.74) is 18.8. The quantitative estimate of drug-likeness (QED) is 0.154. The molecule has 4 aliphatic heterocycles. The number of anilines is 5. The summed E-state index contributed by atoms with van der Waals surface area (Å²) >= 11 is 1.96. The van der Waals surface area contributed by atoms with Crippen molar-refractivity contribution in [3.05, 3.63) is 137 Å². The third kappa shape index (κ3) is 5.78. The van der Waals surface area contributed by atoms with E-state index >= 15 is 0 Å². The molecule has 10 rings (SSSR count). The van der Waals surface area contributed by atoms with Gasteiger partial charge in [-0.2, -0.15) is 0 Å². The van der Waals surface area contributed by atoms with Crippen LogP contribution in [0.5, 0.6) is 11.5 Å².